The Morgan fingerprint density at radius 3 is 2.81 bits per heavy atom. The van der Waals surface area contributed by atoms with E-state index in [1.165, 1.54) is 0 Å². The SMILES string of the molecule is O=C1C[C@H](c2cccs2)c2c(c3ccccc3[nH]c2=O)O1. The molecule has 5 heteroatoms. The molecule has 3 aromatic rings. The Labute approximate surface area is 124 Å². The smallest absolute Gasteiger partial charge is 0.312 e. The molecule has 0 amide bonds. The largest absolute Gasteiger partial charge is 0.425 e. The molecule has 0 radical (unpaired) electrons. The summed E-state index contributed by atoms with van der Waals surface area (Å²) < 4.78 is 5.40. The summed E-state index contributed by atoms with van der Waals surface area (Å²) in [5, 5.41) is 2.71. The van der Waals surface area contributed by atoms with Crippen LogP contribution in [-0.4, -0.2) is 11.0 Å². The second-order valence-corrected chi connectivity index (χ2v) is 5.97. The number of pyridine rings is 1. The molecule has 0 unspecified atom stereocenters. The highest BCUT2D eigenvalue weighted by molar-refractivity contribution is 7.10. The van der Waals surface area contributed by atoms with Gasteiger partial charge in [0, 0.05) is 16.2 Å². The minimum Gasteiger partial charge on any atom is -0.425 e. The molecule has 0 spiro atoms. The topological polar surface area (TPSA) is 59.2 Å². The first-order valence-corrected chi connectivity index (χ1v) is 7.51. The van der Waals surface area contributed by atoms with Gasteiger partial charge < -0.3 is 9.72 Å². The number of hydrogen-bond donors (Lipinski definition) is 1. The van der Waals surface area contributed by atoms with Gasteiger partial charge in [0.2, 0.25) is 0 Å². The van der Waals surface area contributed by atoms with Gasteiger partial charge in [0.25, 0.3) is 5.56 Å². The van der Waals surface area contributed by atoms with Crippen molar-refractivity contribution in [3.63, 3.8) is 0 Å². The van der Waals surface area contributed by atoms with Crippen molar-refractivity contribution < 1.29 is 9.53 Å². The van der Waals surface area contributed by atoms with Crippen LogP contribution in [0.4, 0.5) is 0 Å². The van der Waals surface area contributed by atoms with Gasteiger partial charge in [-0.25, -0.2) is 0 Å². The van der Waals surface area contributed by atoms with Crippen LogP contribution in [0.3, 0.4) is 0 Å². The number of benzene rings is 1. The highest BCUT2D eigenvalue weighted by Gasteiger charge is 2.33. The lowest BCUT2D eigenvalue weighted by Crippen LogP contribution is -2.27. The van der Waals surface area contributed by atoms with Crippen molar-refractivity contribution in [1.82, 2.24) is 4.98 Å². The third-order valence-electron chi connectivity index (χ3n) is 3.73. The zero-order chi connectivity index (χ0) is 14.4. The van der Waals surface area contributed by atoms with Crippen molar-refractivity contribution in [3.8, 4) is 5.75 Å². The maximum atomic E-state index is 12.4. The molecule has 0 aliphatic carbocycles. The first kappa shape index (κ1) is 12.3. The molecule has 3 heterocycles. The Hall–Kier alpha value is -2.40. The molecule has 104 valence electrons. The van der Waals surface area contributed by atoms with E-state index in [1.807, 2.05) is 35.7 Å². The molecule has 21 heavy (non-hydrogen) atoms. The van der Waals surface area contributed by atoms with Crippen LogP contribution >= 0.6 is 11.3 Å². The van der Waals surface area contributed by atoms with E-state index in [-0.39, 0.29) is 23.9 Å². The van der Waals surface area contributed by atoms with Crippen molar-refractivity contribution in [2.45, 2.75) is 12.3 Å². The molecular weight excluding hydrogens is 286 g/mol. The van der Waals surface area contributed by atoms with Crippen LogP contribution in [0.1, 0.15) is 22.8 Å². The van der Waals surface area contributed by atoms with Gasteiger partial charge in [-0.1, -0.05) is 18.2 Å². The lowest BCUT2D eigenvalue weighted by molar-refractivity contribution is -0.135. The Balaban J connectivity index is 2.06. The predicted molar refractivity (Wildman–Crippen MR) is 81.0 cm³/mol. The lowest BCUT2D eigenvalue weighted by atomic mass is 9.91. The standard InChI is InChI=1S/C16H11NO3S/c18-13-8-10(12-6-3-7-21-12)14-15(20-13)9-4-1-2-5-11(9)17-16(14)19/h1-7,10H,8H2,(H,17,19)/t10-/m1/s1. The van der Waals surface area contributed by atoms with Crippen LogP contribution < -0.4 is 10.3 Å². The molecule has 0 bridgehead atoms. The molecule has 1 aliphatic rings. The van der Waals surface area contributed by atoms with Crippen molar-refractivity contribution in [1.29, 1.82) is 0 Å². The Kier molecular flexibility index (Phi) is 2.68. The molecule has 4 nitrogen and oxygen atoms in total. The van der Waals surface area contributed by atoms with Gasteiger partial charge in [-0.2, -0.15) is 0 Å². The number of fused-ring (bicyclic) bond motifs is 3. The zero-order valence-electron chi connectivity index (χ0n) is 11.0. The number of carbonyl (C=O) groups excluding carboxylic acids is 1. The maximum Gasteiger partial charge on any atom is 0.312 e. The molecule has 1 aromatic carbocycles. The fraction of sp³-hybridized carbons (Fsp3) is 0.125. The van der Waals surface area contributed by atoms with Crippen LogP contribution in [0, 0.1) is 0 Å². The number of carbonyl (C=O) groups is 1. The number of nitrogens with one attached hydrogen (secondary N) is 1. The summed E-state index contributed by atoms with van der Waals surface area (Å²) in [4.78, 5) is 28.3. The third kappa shape index (κ3) is 1.89. The van der Waals surface area contributed by atoms with Gasteiger partial charge in [0.05, 0.1) is 17.5 Å². The van der Waals surface area contributed by atoms with Crippen LogP contribution in [0.5, 0.6) is 5.75 Å². The van der Waals surface area contributed by atoms with Gasteiger partial charge in [0.1, 0.15) is 5.75 Å². The molecule has 0 saturated carbocycles. The molecule has 0 saturated heterocycles. The minimum absolute atomic E-state index is 0.186. The molecule has 4 rings (SSSR count). The third-order valence-corrected chi connectivity index (χ3v) is 4.72. The average Bonchev–Trinajstić information content (AvgIpc) is 3.00. The van der Waals surface area contributed by atoms with Crippen molar-refractivity contribution >= 4 is 28.2 Å². The molecule has 0 fully saturated rings. The first-order valence-electron chi connectivity index (χ1n) is 6.63. The summed E-state index contributed by atoms with van der Waals surface area (Å²) in [5.74, 6) is -0.116. The molecule has 1 aliphatic heterocycles. The number of rotatable bonds is 1. The first-order chi connectivity index (χ1) is 10.2. The van der Waals surface area contributed by atoms with Gasteiger partial charge >= 0.3 is 5.97 Å². The van der Waals surface area contributed by atoms with Crippen molar-refractivity contribution in [2.24, 2.45) is 0 Å². The summed E-state index contributed by atoms with van der Waals surface area (Å²) in [6, 6.07) is 11.2. The number of esters is 1. The van der Waals surface area contributed by atoms with Crippen molar-refractivity contribution in [2.75, 3.05) is 0 Å². The number of thiophene rings is 1. The average molecular weight is 297 g/mol. The summed E-state index contributed by atoms with van der Waals surface area (Å²) in [6.45, 7) is 0. The van der Waals surface area contributed by atoms with Gasteiger partial charge in [0.15, 0.2) is 0 Å². The maximum absolute atomic E-state index is 12.4. The van der Waals surface area contributed by atoms with Gasteiger partial charge in [-0.3, -0.25) is 9.59 Å². The van der Waals surface area contributed by atoms with Crippen LogP contribution in [-0.2, 0) is 4.79 Å². The normalized spacial score (nSPS) is 17.5. The quantitative estimate of drug-likeness (QED) is 0.702. The van der Waals surface area contributed by atoms with Gasteiger partial charge in [-0.05, 0) is 23.6 Å². The second-order valence-electron chi connectivity index (χ2n) is 4.99. The minimum atomic E-state index is -0.295. The summed E-state index contributed by atoms with van der Waals surface area (Å²) >= 11 is 1.55. The highest BCUT2D eigenvalue weighted by atomic mass is 32.1. The van der Waals surface area contributed by atoms with E-state index in [4.69, 9.17) is 4.74 Å². The van der Waals surface area contributed by atoms with Crippen LogP contribution in [0.2, 0.25) is 0 Å². The molecular formula is C16H11NO3S. The number of para-hydroxylation sites is 1. The van der Waals surface area contributed by atoms with E-state index >= 15 is 0 Å². The van der Waals surface area contributed by atoms with Crippen molar-refractivity contribution in [3.05, 3.63) is 62.6 Å². The molecule has 2 aromatic heterocycles. The van der Waals surface area contributed by atoms with Gasteiger partial charge in [-0.15, -0.1) is 11.3 Å². The summed E-state index contributed by atoms with van der Waals surface area (Å²) in [7, 11) is 0. The van der Waals surface area contributed by atoms with E-state index < -0.39 is 0 Å². The second kappa shape index (κ2) is 4.56. The predicted octanol–water partition coefficient (Wildman–Crippen LogP) is 3.03. The van der Waals surface area contributed by atoms with E-state index in [9.17, 15) is 9.59 Å². The Bertz CT molecular complexity index is 896. The fourth-order valence-electron chi connectivity index (χ4n) is 2.81. The monoisotopic (exact) mass is 297 g/mol. The van der Waals surface area contributed by atoms with E-state index in [0.29, 0.717) is 16.8 Å². The number of aromatic amines is 1. The van der Waals surface area contributed by atoms with Crippen LogP contribution in [0.15, 0.2) is 46.6 Å². The van der Waals surface area contributed by atoms with E-state index in [1.54, 1.807) is 17.4 Å². The van der Waals surface area contributed by atoms with Crippen LogP contribution in [0.25, 0.3) is 10.9 Å². The zero-order valence-corrected chi connectivity index (χ0v) is 11.8. The summed E-state index contributed by atoms with van der Waals surface area (Å²) in [5.41, 5.74) is 1.05. The Morgan fingerprint density at radius 1 is 1.14 bits per heavy atom. The highest BCUT2D eigenvalue weighted by Crippen LogP contribution is 2.41. The number of H-pyrrole nitrogens is 1. The van der Waals surface area contributed by atoms with E-state index in [0.717, 1.165) is 10.3 Å². The number of aromatic nitrogens is 1. The number of ether oxygens (including phenoxy) is 1. The molecule has 1 N–H and O–H groups in total. The number of hydrogen-bond acceptors (Lipinski definition) is 4. The molecule has 1 atom stereocenters. The Morgan fingerprint density at radius 2 is 2.00 bits per heavy atom. The summed E-state index contributed by atoms with van der Waals surface area (Å²) in [6.07, 6.45) is 0.203. The van der Waals surface area contributed by atoms with E-state index in [2.05, 4.69) is 4.98 Å². The lowest BCUT2D eigenvalue weighted by Gasteiger charge is -2.23. The fourth-order valence-corrected chi connectivity index (χ4v) is 3.65.